The first kappa shape index (κ1) is 10.4. The molecule has 0 saturated heterocycles. The van der Waals surface area contributed by atoms with Crippen LogP contribution >= 0.6 is 22.6 Å². The molecule has 1 aromatic heterocycles. The predicted octanol–water partition coefficient (Wildman–Crippen LogP) is 2.58. The van der Waals surface area contributed by atoms with Gasteiger partial charge >= 0.3 is 0 Å². The minimum Gasteiger partial charge on any atom is -0.298 e. The summed E-state index contributed by atoms with van der Waals surface area (Å²) in [7, 11) is 0. The first-order chi connectivity index (χ1) is 6.07. The first-order valence-corrected chi connectivity index (χ1v) is 4.23. The molecule has 0 bridgehead atoms. The molecule has 0 spiro atoms. The molecule has 0 fully saturated rings. The third kappa shape index (κ3) is 1.98. The number of halogens is 4. The van der Waals surface area contributed by atoms with Crippen molar-refractivity contribution >= 4 is 28.9 Å². The van der Waals surface area contributed by atoms with Gasteiger partial charge in [-0.2, -0.15) is 0 Å². The second-order valence-electron chi connectivity index (χ2n) is 2.14. The number of rotatable bonds is 2. The van der Waals surface area contributed by atoms with Gasteiger partial charge in [0.2, 0.25) is 0 Å². The molecule has 2 nitrogen and oxygen atoms in total. The summed E-state index contributed by atoms with van der Waals surface area (Å²) in [6.45, 7) is 0. The van der Waals surface area contributed by atoms with Crippen LogP contribution in [-0.4, -0.2) is 11.3 Å². The molecule has 1 aromatic rings. The van der Waals surface area contributed by atoms with E-state index >= 15 is 0 Å². The average molecular weight is 301 g/mol. The molecule has 0 saturated carbocycles. The lowest BCUT2D eigenvalue weighted by atomic mass is 10.1. The van der Waals surface area contributed by atoms with E-state index in [2.05, 4.69) is 4.98 Å². The number of carbonyl (C=O) groups excluding carboxylic acids is 1. The van der Waals surface area contributed by atoms with Crippen LogP contribution in [0.1, 0.15) is 22.3 Å². The van der Waals surface area contributed by atoms with Crippen molar-refractivity contribution in [2.75, 3.05) is 0 Å². The molecule has 0 aliphatic carbocycles. The molecule has 70 valence electrons. The molecule has 0 aliphatic heterocycles. The van der Waals surface area contributed by atoms with Crippen LogP contribution in [0, 0.1) is 9.52 Å². The summed E-state index contributed by atoms with van der Waals surface area (Å²) < 4.78 is 37.3. The Labute approximate surface area is 85.3 Å². The van der Waals surface area contributed by atoms with Crippen LogP contribution in [0.4, 0.5) is 13.2 Å². The number of nitrogens with zero attached hydrogens (tertiary/aromatic N) is 1. The highest BCUT2D eigenvalue weighted by atomic mass is 127. The van der Waals surface area contributed by atoms with Crippen LogP contribution < -0.4 is 0 Å². The molecule has 13 heavy (non-hydrogen) atoms. The summed E-state index contributed by atoms with van der Waals surface area (Å²) >= 11 is 1.52. The number of hydrogen-bond acceptors (Lipinski definition) is 2. The maximum absolute atomic E-state index is 12.8. The first-order valence-electron chi connectivity index (χ1n) is 3.15. The fourth-order valence-corrected chi connectivity index (χ4v) is 1.48. The van der Waals surface area contributed by atoms with Gasteiger partial charge in [-0.15, -0.1) is 0 Å². The van der Waals surface area contributed by atoms with Crippen molar-refractivity contribution < 1.29 is 18.0 Å². The zero-order valence-corrected chi connectivity index (χ0v) is 8.26. The monoisotopic (exact) mass is 301 g/mol. The molecule has 1 heterocycles. The molecule has 0 N–H and O–H groups in total. The third-order valence-electron chi connectivity index (χ3n) is 1.40. The highest BCUT2D eigenvalue weighted by molar-refractivity contribution is 14.1. The van der Waals surface area contributed by atoms with Gasteiger partial charge < -0.3 is 0 Å². The van der Waals surface area contributed by atoms with Crippen molar-refractivity contribution in [1.29, 1.82) is 0 Å². The second-order valence-corrected chi connectivity index (χ2v) is 3.16. The number of aromatic nitrogens is 1. The number of alkyl halides is 2. The number of pyridine rings is 1. The normalized spacial score (nSPS) is 10.5. The summed E-state index contributed by atoms with van der Waals surface area (Å²) in [5.41, 5.74) is -1.26. The quantitative estimate of drug-likeness (QED) is 0.477. The number of carbonyl (C=O) groups is 1. The van der Waals surface area contributed by atoms with Crippen LogP contribution in [0.15, 0.2) is 6.20 Å². The van der Waals surface area contributed by atoms with E-state index in [1.165, 1.54) is 22.6 Å². The smallest absolute Gasteiger partial charge is 0.267 e. The molecular formula is C7H3F3INO. The minimum absolute atomic E-state index is 0.0592. The van der Waals surface area contributed by atoms with Gasteiger partial charge in [0, 0.05) is 0 Å². The molecule has 0 amide bonds. The van der Waals surface area contributed by atoms with E-state index in [0.29, 0.717) is 0 Å². The fraction of sp³-hybridized carbons (Fsp3) is 0.143. The molecule has 0 unspecified atom stereocenters. The van der Waals surface area contributed by atoms with E-state index in [4.69, 9.17) is 0 Å². The highest BCUT2D eigenvalue weighted by Crippen LogP contribution is 2.26. The fourth-order valence-electron chi connectivity index (χ4n) is 0.820. The number of aldehydes is 1. The third-order valence-corrected chi connectivity index (χ3v) is 2.26. The van der Waals surface area contributed by atoms with Crippen LogP contribution in [0.25, 0.3) is 0 Å². The maximum atomic E-state index is 12.8. The van der Waals surface area contributed by atoms with Gasteiger partial charge in [0.1, 0.15) is 3.70 Å². The van der Waals surface area contributed by atoms with Crippen LogP contribution in [0.2, 0.25) is 0 Å². The lowest BCUT2D eigenvalue weighted by molar-refractivity contribution is 0.110. The van der Waals surface area contributed by atoms with E-state index < -0.39 is 23.4 Å². The van der Waals surface area contributed by atoms with Crippen molar-refractivity contribution in [1.82, 2.24) is 4.98 Å². The predicted molar refractivity (Wildman–Crippen MR) is 47.3 cm³/mol. The molecule has 0 atom stereocenters. The van der Waals surface area contributed by atoms with Crippen molar-refractivity contribution in [3.05, 3.63) is 26.8 Å². The van der Waals surface area contributed by atoms with Crippen molar-refractivity contribution in [2.24, 2.45) is 0 Å². The zero-order chi connectivity index (χ0) is 10.0. The molecule has 6 heteroatoms. The largest absolute Gasteiger partial charge is 0.298 e. The van der Waals surface area contributed by atoms with Crippen molar-refractivity contribution in [3.63, 3.8) is 0 Å². The Kier molecular flexibility index (Phi) is 3.23. The standard InChI is InChI=1S/C7H3F3INO/c8-4-1-12-7(11)5(6(9)10)3(4)2-13/h1-2,6H. The molecule has 0 aliphatic rings. The summed E-state index contributed by atoms with van der Waals surface area (Å²) in [5, 5.41) is 0. The Bertz CT molecular complexity index is 343. The SMILES string of the molecule is O=Cc1c(F)cnc(I)c1C(F)F. The maximum Gasteiger partial charge on any atom is 0.267 e. The van der Waals surface area contributed by atoms with E-state index in [1.807, 2.05) is 0 Å². The topological polar surface area (TPSA) is 30.0 Å². The van der Waals surface area contributed by atoms with E-state index in [0.717, 1.165) is 6.20 Å². The average Bonchev–Trinajstić information content (AvgIpc) is 2.07. The minimum atomic E-state index is -2.89. The molecule has 0 radical (unpaired) electrons. The van der Waals surface area contributed by atoms with Crippen LogP contribution in [0.3, 0.4) is 0 Å². The van der Waals surface area contributed by atoms with Gasteiger partial charge in [-0.1, -0.05) is 0 Å². The zero-order valence-electron chi connectivity index (χ0n) is 6.10. The van der Waals surface area contributed by atoms with E-state index in [-0.39, 0.29) is 9.99 Å². The summed E-state index contributed by atoms with van der Waals surface area (Å²) in [6, 6.07) is 0. The van der Waals surface area contributed by atoms with Crippen molar-refractivity contribution in [2.45, 2.75) is 6.43 Å². The second kappa shape index (κ2) is 4.03. The highest BCUT2D eigenvalue weighted by Gasteiger charge is 2.20. The molecular weight excluding hydrogens is 298 g/mol. The van der Waals surface area contributed by atoms with Gasteiger partial charge in [-0.25, -0.2) is 18.2 Å². The Morgan fingerprint density at radius 2 is 2.15 bits per heavy atom. The van der Waals surface area contributed by atoms with E-state index in [9.17, 15) is 18.0 Å². The molecule has 0 aromatic carbocycles. The Morgan fingerprint density at radius 3 is 2.54 bits per heavy atom. The van der Waals surface area contributed by atoms with Gasteiger partial charge in [0.25, 0.3) is 6.43 Å². The lowest BCUT2D eigenvalue weighted by Crippen LogP contribution is -2.02. The summed E-state index contributed by atoms with van der Waals surface area (Å²) in [5.74, 6) is -1.02. The summed E-state index contributed by atoms with van der Waals surface area (Å²) in [4.78, 5) is 13.7. The van der Waals surface area contributed by atoms with Crippen LogP contribution in [0.5, 0.6) is 0 Å². The van der Waals surface area contributed by atoms with Crippen molar-refractivity contribution in [3.8, 4) is 0 Å². The number of hydrogen-bond donors (Lipinski definition) is 0. The Morgan fingerprint density at radius 1 is 1.54 bits per heavy atom. The summed E-state index contributed by atoms with van der Waals surface area (Å²) in [6.07, 6.45) is -2.08. The van der Waals surface area contributed by atoms with E-state index in [1.54, 1.807) is 0 Å². The van der Waals surface area contributed by atoms with Gasteiger partial charge in [-0.3, -0.25) is 4.79 Å². The lowest BCUT2D eigenvalue weighted by Gasteiger charge is -2.05. The van der Waals surface area contributed by atoms with Gasteiger partial charge in [0.15, 0.2) is 12.1 Å². The van der Waals surface area contributed by atoms with Gasteiger partial charge in [-0.05, 0) is 22.6 Å². The van der Waals surface area contributed by atoms with Crippen LogP contribution in [-0.2, 0) is 0 Å². The Balaban J connectivity index is 3.43. The molecule has 1 rings (SSSR count). The Hall–Kier alpha value is -0.660. The van der Waals surface area contributed by atoms with Gasteiger partial charge in [0.05, 0.1) is 17.3 Å².